The van der Waals surface area contributed by atoms with Crippen molar-refractivity contribution in [1.29, 1.82) is 10.5 Å². The number of rotatable bonds is 16. The number of hydrogen-bond donors (Lipinski definition) is 4. The molecule has 0 saturated carbocycles. The molecule has 2 amide bonds. The van der Waals surface area contributed by atoms with E-state index in [1.54, 1.807) is 40.0 Å². The summed E-state index contributed by atoms with van der Waals surface area (Å²) in [4.78, 5) is 47.4. The predicted molar refractivity (Wildman–Crippen MR) is 291 cm³/mol. The number of nitriles is 2. The van der Waals surface area contributed by atoms with E-state index in [4.69, 9.17) is 35.6 Å². The van der Waals surface area contributed by atoms with Crippen molar-refractivity contribution in [2.75, 3.05) is 49.2 Å². The third-order valence-corrected chi connectivity index (χ3v) is 14.1. The fraction of sp³-hybridized carbons (Fsp3) is 0.333. The van der Waals surface area contributed by atoms with Crippen LogP contribution in [-0.2, 0) is 22.4 Å². The molecule has 400 valence electrons. The molecule has 2 aliphatic rings. The van der Waals surface area contributed by atoms with Crippen LogP contribution >= 0.6 is 0 Å². The van der Waals surface area contributed by atoms with Gasteiger partial charge in [0.15, 0.2) is 0 Å². The summed E-state index contributed by atoms with van der Waals surface area (Å²) in [6.07, 6.45) is 14.0. The van der Waals surface area contributed by atoms with Crippen LogP contribution in [0, 0.1) is 22.7 Å². The van der Waals surface area contributed by atoms with Gasteiger partial charge in [0.05, 0.1) is 66.3 Å². The Balaban J connectivity index is 0.000000196. The van der Waals surface area contributed by atoms with Gasteiger partial charge in [0.1, 0.15) is 35.3 Å². The number of primary amides is 1. The minimum atomic E-state index is -1.44. The van der Waals surface area contributed by atoms with Gasteiger partial charge >= 0.3 is 6.09 Å². The molecule has 2 aliphatic heterocycles. The summed E-state index contributed by atoms with van der Waals surface area (Å²) in [5.41, 5.74) is 18.5. The summed E-state index contributed by atoms with van der Waals surface area (Å²) in [5.74, 6) is 2.40. The summed E-state index contributed by atoms with van der Waals surface area (Å²) in [5, 5.41) is 41.0. The molecule has 8 aromatic rings. The van der Waals surface area contributed by atoms with Crippen LogP contribution in [0.4, 0.5) is 16.4 Å². The van der Waals surface area contributed by atoms with Crippen molar-refractivity contribution < 1.29 is 28.9 Å². The Morgan fingerprint density at radius 2 is 1.19 bits per heavy atom. The zero-order chi connectivity index (χ0) is 54.8. The number of hydrogen-bond acceptors (Lipinski definition) is 17. The third-order valence-electron chi connectivity index (χ3n) is 14.1. The molecule has 0 radical (unpaired) electrons. The highest BCUT2D eigenvalue weighted by molar-refractivity contribution is 5.87. The largest absolute Gasteiger partial charge is 0.492 e. The molecule has 21 heteroatoms. The van der Waals surface area contributed by atoms with Crippen molar-refractivity contribution in [3.05, 3.63) is 145 Å². The minimum absolute atomic E-state index is 0.244. The van der Waals surface area contributed by atoms with Gasteiger partial charge < -0.3 is 45.9 Å². The van der Waals surface area contributed by atoms with Gasteiger partial charge in [-0.25, -0.2) is 23.8 Å². The number of nitrogens with two attached hydrogens (primary N) is 2. The molecule has 6 N–H and O–H groups in total. The van der Waals surface area contributed by atoms with Gasteiger partial charge in [-0.1, -0.05) is 12.1 Å². The van der Waals surface area contributed by atoms with Crippen LogP contribution in [0.1, 0.15) is 69.0 Å². The van der Waals surface area contributed by atoms with Gasteiger partial charge in [-0.3, -0.25) is 14.8 Å². The van der Waals surface area contributed by atoms with Gasteiger partial charge in [0.25, 0.3) is 5.91 Å². The van der Waals surface area contributed by atoms with E-state index in [2.05, 4.69) is 47.4 Å². The molecule has 2 unspecified atom stereocenters. The molecule has 21 nitrogen and oxygen atoms in total. The number of aliphatic hydroxyl groups is 1. The van der Waals surface area contributed by atoms with Crippen molar-refractivity contribution in [2.24, 2.45) is 11.5 Å². The van der Waals surface area contributed by atoms with E-state index in [0.717, 1.165) is 83.1 Å². The summed E-state index contributed by atoms with van der Waals surface area (Å²) < 4.78 is 19.7. The predicted octanol–water partition coefficient (Wildman–Crippen LogP) is 6.21. The fourth-order valence-corrected chi connectivity index (χ4v) is 10.2. The van der Waals surface area contributed by atoms with Crippen LogP contribution in [0.3, 0.4) is 0 Å². The number of ether oxygens (including phenoxy) is 3. The van der Waals surface area contributed by atoms with Gasteiger partial charge in [0.2, 0.25) is 6.10 Å². The molecule has 10 heterocycles. The van der Waals surface area contributed by atoms with Crippen molar-refractivity contribution in [1.82, 2.24) is 44.5 Å². The number of fused-ring (bicyclic) bond motifs is 2. The maximum atomic E-state index is 13.2. The zero-order valence-corrected chi connectivity index (χ0v) is 43.7. The highest BCUT2D eigenvalue weighted by Gasteiger charge is 2.40. The highest BCUT2D eigenvalue weighted by atomic mass is 16.6. The molecule has 78 heavy (non-hydrogen) atoms. The molecule has 0 aliphatic carbocycles. The molecule has 2 fully saturated rings. The number of aromatic nitrogens is 8. The van der Waals surface area contributed by atoms with E-state index in [-0.39, 0.29) is 5.54 Å². The third kappa shape index (κ3) is 12.2. The number of nitrogens with one attached hydrogen (secondary N) is 1. The number of anilines is 2. The lowest BCUT2D eigenvalue weighted by molar-refractivity contribution is -0.136. The van der Waals surface area contributed by atoms with Crippen LogP contribution in [0.2, 0.25) is 0 Å². The number of carbonyl (C=O) groups excluding carboxylic acids is 2. The number of carbonyl (C=O) groups is 2. The van der Waals surface area contributed by atoms with E-state index >= 15 is 0 Å². The molecule has 10 rings (SSSR count). The first-order valence-electron chi connectivity index (χ1n) is 25.9. The smallest absolute Gasteiger partial charge is 0.405 e. The van der Waals surface area contributed by atoms with Crippen LogP contribution in [0.5, 0.6) is 11.5 Å². The molecule has 0 spiro atoms. The Morgan fingerprint density at radius 1 is 0.705 bits per heavy atom. The minimum Gasteiger partial charge on any atom is -0.492 e. The summed E-state index contributed by atoms with van der Waals surface area (Å²) >= 11 is 0. The first-order valence-corrected chi connectivity index (χ1v) is 25.9. The summed E-state index contributed by atoms with van der Waals surface area (Å²) in [6, 6.07) is 27.8. The van der Waals surface area contributed by atoms with E-state index in [9.17, 15) is 25.2 Å². The normalized spacial score (nSPS) is 15.5. The lowest BCUT2D eigenvalue weighted by atomic mass is 9.82. The van der Waals surface area contributed by atoms with Gasteiger partial charge in [-0.15, -0.1) is 0 Å². The molecule has 2 saturated heterocycles. The van der Waals surface area contributed by atoms with E-state index in [1.807, 2.05) is 99.0 Å². The van der Waals surface area contributed by atoms with Crippen LogP contribution in [-0.4, -0.2) is 119 Å². The SMILES string of the molecule is CCOc1cc(-c2ccc(N3CCC(Cc4ccccn4)(NC(=O)C(OC(N)=O)C(C)O)CC3)nc2)c2c(C#N)cnn2c1.CCOc1cc(-c2ccc(N3CCC(N)(Cc4ccccn4)CC3)nc2)c2c(C#N)cnn2c1. The molecule has 2 atom stereocenters. The Hall–Kier alpha value is -9.18. The van der Waals surface area contributed by atoms with Crippen molar-refractivity contribution in [2.45, 2.75) is 82.6 Å². The van der Waals surface area contributed by atoms with Gasteiger partial charge in [-0.2, -0.15) is 20.7 Å². The van der Waals surface area contributed by atoms with E-state index in [0.29, 0.717) is 73.7 Å². The van der Waals surface area contributed by atoms with Crippen molar-refractivity contribution in [3.63, 3.8) is 0 Å². The number of amides is 2. The van der Waals surface area contributed by atoms with Gasteiger partial charge in [0, 0.05) is 109 Å². The van der Waals surface area contributed by atoms with Gasteiger partial charge in [-0.05, 0) is 107 Å². The van der Waals surface area contributed by atoms with E-state index < -0.39 is 29.7 Å². The Morgan fingerprint density at radius 3 is 1.60 bits per heavy atom. The fourth-order valence-electron chi connectivity index (χ4n) is 10.2. The van der Waals surface area contributed by atoms with Crippen LogP contribution in [0.15, 0.2) is 122 Å². The first kappa shape index (κ1) is 53.6. The molecule has 8 aromatic heterocycles. The quantitative estimate of drug-likeness (QED) is 0.0837. The van der Waals surface area contributed by atoms with Crippen LogP contribution in [0.25, 0.3) is 33.3 Å². The number of nitrogens with zero attached hydrogens (tertiary/aromatic N) is 12. The van der Waals surface area contributed by atoms with Crippen LogP contribution < -0.4 is 36.1 Å². The standard InChI is InChI=1S/C31H34N8O5.C26H27N7O/c1-3-43-24-14-25(27-22(16-32)18-36-39(27)19-24)21-7-8-26(35-17-21)38-12-9-31(10-13-38,15-23-6-4-5-11-34-23)37-29(41)28(20(2)40)44-30(33)42;1-2-34-22-13-23(25-20(15-27)17-31-33(25)18-22)19-6-7-24(30-16-19)32-11-8-26(28,9-12-32)14-21-5-3-4-10-29-21/h4-8,11,14,17-20,28,40H,3,9-10,12-13,15H2,1-2H3,(H2,33,42)(H,37,41);3-7,10,13,16-18H,2,8-9,11-12,14,28H2,1H3. The lowest BCUT2D eigenvalue weighted by Gasteiger charge is -2.43. The summed E-state index contributed by atoms with van der Waals surface area (Å²) in [6.45, 7) is 9.08. The van der Waals surface area contributed by atoms with E-state index in [1.165, 1.54) is 13.1 Å². The average Bonchev–Trinajstić information content (AvgIpc) is 4.25. The zero-order valence-electron chi connectivity index (χ0n) is 43.7. The lowest BCUT2D eigenvalue weighted by Crippen LogP contribution is -2.60. The van der Waals surface area contributed by atoms with Crippen molar-refractivity contribution in [3.8, 4) is 45.9 Å². The molecule has 0 bridgehead atoms. The Bertz CT molecular complexity index is 3430. The molecular formula is C57H61N15O6. The Labute approximate surface area is 451 Å². The summed E-state index contributed by atoms with van der Waals surface area (Å²) in [7, 11) is 0. The topological polar surface area (TPSA) is 286 Å². The second kappa shape index (κ2) is 23.8. The number of piperidine rings is 2. The number of pyridine rings is 6. The highest BCUT2D eigenvalue weighted by Crippen LogP contribution is 2.35. The second-order valence-electron chi connectivity index (χ2n) is 19.5. The maximum absolute atomic E-state index is 13.2. The molecule has 0 aromatic carbocycles. The Kier molecular flexibility index (Phi) is 16.4. The maximum Gasteiger partial charge on any atom is 0.405 e. The molecular weight excluding hydrogens is 991 g/mol. The first-order chi connectivity index (χ1) is 37.8. The monoisotopic (exact) mass is 1050 g/mol. The number of aliphatic hydroxyl groups excluding tert-OH is 1. The van der Waals surface area contributed by atoms with Crippen molar-refractivity contribution >= 4 is 34.7 Å². The average molecular weight is 1050 g/mol. The second-order valence-corrected chi connectivity index (χ2v) is 19.5.